The standard InChI is InChI=1S/C23H23FN4O2S.C13H12N4.C10H12ClFO2S.C10H12FNO2.C10H14FN.C10H14N2O2/c1-15-13-22(28(26-15)21-9-5-8-20-17(21)7-6-12-25-20)27-31(29,30)16-10-11-18(19(24)14-16)23(2,3)4;1-9-8-13(14)17(16-9)12-6-2-5-11-10(12)4-3-7-15-11;1-10(2,3)8-5-4-7(6-9(8)12)15(11,13)14;1-10(2,3)8-5-4-7(12(13)14)6-9(8)11;1-10(2,3)8-5-4-7(12)6-9(8)11;1-10(2,3)8-5-4-7(12(13)14)6-9(8)11/h5-14,27H,1-4H3;2-8H,14H2,1H3;4-6H,1-3H3;4-6H,1-3H3;4-6H,12H2,1-3H3;4-6H,11H2,1-3H3. The van der Waals surface area contributed by atoms with Gasteiger partial charge in [-0.15, -0.1) is 0 Å². The first-order valence-electron chi connectivity index (χ1n) is 32.2. The first kappa shape index (κ1) is 81.7. The van der Waals surface area contributed by atoms with Gasteiger partial charge in [-0.3, -0.25) is 34.9 Å². The minimum Gasteiger partial charge on any atom is -0.399 e. The quantitative estimate of drug-likeness (QED) is 0.0361. The van der Waals surface area contributed by atoms with Gasteiger partial charge >= 0.3 is 0 Å². The van der Waals surface area contributed by atoms with Crippen LogP contribution in [0.5, 0.6) is 0 Å². The lowest BCUT2D eigenvalue weighted by atomic mass is 9.86. The van der Waals surface area contributed by atoms with Crippen molar-refractivity contribution in [2.45, 2.75) is 155 Å². The van der Waals surface area contributed by atoms with Gasteiger partial charge in [-0.2, -0.15) is 10.2 Å². The van der Waals surface area contributed by atoms with Gasteiger partial charge in [0.05, 0.1) is 59.5 Å². The van der Waals surface area contributed by atoms with Crippen LogP contribution in [0.1, 0.15) is 143 Å². The van der Waals surface area contributed by atoms with Gasteiger partial charge in [0.25, 0.3) is 30.4 Å². The molecule has 4 heterocycles. The lowest BCUT2D eigenvalue weighted by molar-refractivity contribution is -0.385. The number of nitrogens with one attached hydrogen (secondary N) is 1. The second-order valence-electron chi connectivity index (χ2n) is 29.2. The fourth-order valence-corrected chi connectivity index (χ4v) is 12.3. The number of aromatic nitrogens is 6. The van der Waals surface area contributed by atoms with E-state index in [1.165, 1.54) is 59.3 Å². The third-order valence-corrected chi connectivity index (χ3v) is 18.3. The zero-order chi connectivity index (χ0) is 77.3. The summed E-state index contributed by atoms with van der Waals surface area (Å²) in [6.07, 6.45) is 3.48. The maximum atomic E-state index is 14.6. The minimum atomic E-state index is -4.03. The Balaban J connectivity index is 0.000000202. The number of anilines is 4. The van der Waals surface area contributed by atoms with E-state index in [0.29, 0.717) is 50.8 Å². The molecule has 0 aliphatic heterocycles. The number of nitrogen functional groups attached to an aromatic ring is 3. The number of rotatable bonds is 8. The number of non-ortho nitro benzene ring substituents is 2. The van der Waals surface area contributed by atoms with E-state index >= 15 is 0 Å². The molecule has 0 saturated carbocycles. The predicted octanol–water partition coefficient (Wildman–Crippen LogP) is 18.5. The van der Waals surface area contributed by atoms with Crippen molar-refractivity contribution in [3.8, 4) is 11.4 Å². The molecule has 0 saturated heterocycles. The van der Waals surface area contributed by atoms with Crippen molar-refractivity contribution in [3.05, 3.63) is 259 Å². The second-order valence-corrected chi connectivity index (χ2v) is 33.4. The van der Waals surface area contributed by atoms with Gasteiger partial charge in [-0.1, -0.05) is 134 Å². The van der Waals surface area contributed by atoms with E-state index in [9.17, 15) is 54.6 Å². The summed E-state index contributed by atoms with van der Waals surface area (Å²) in [5.41, 5.74) is 24.5. The third-order valence-electron chi connectivity index (χ3n) is 15.5. The minimum absolute atomic E-state index is 0.0375. The van der Waals surface area contributed by atoms with Crippen LogP contribution in [0.3, 0.4) is 0 Å². The number of fused-ring (bicyclic) bond motifs is 2. The number of sulfonamides is 1. The number of hydrogen-bond acceptors (Lipinski definition) is 15. The van der Waals surface area contributed by atoms with Gasteiger partial charge in [0.2, 0.25) is 0 Å². The molecule has 0 aliphatic carbocycles. The van der Waals surface area contributed by atoms with E-state index in [0.717, 1.165) is 56.9 Å². The zero-order valence-electron chi connectivity index (χ0n) is 60.5. The van der Waals surface area contributed by atoms with Gasteiger partial charge in [-0.25, -0.2) is 43.8 Å². The SMILES string of the molecule is CC(C)(C)c1ccc(N)cc1F.CC(C)(C)c1ccc(S(=O)(=O)Cl)cc1F.CC(C)(C)c1ccc([N+](=O)[O-])cc1F.CC(C)(C)c1ccc([N+](=O)[O-])cc1N.Cc1cc(N)n(-c2cccc3ncccc23)n1.Cc1cc(NS(=O)(=O)c2ccc(C(C)(C)C)c(F)c2)n(-c2cccc3ncccc23)n1. The third kappa shape index (κ3) is 21.9. The molecule has 546 valence electrons. The van der Waals surface area contributed by atoms with Gasteiger partial charge in [0.1, 0.15) is 34.9 Å². The van der Waals surface area contributed by atoms with Crippen molar-refractivity contribution in [1.29, 1.82) is 0 Å². The number of halogens is 5. The van der Waals surface area contributed by atoms with Crippen LogP contribution >= 0.6 is 10.7 Å². The number of benzene rings is 7. The number of hydrogen-bond donors (Lipinski definition) is 4. The fraction of sp³-hybridized carbons (Fsp3) is 0.289. The summed E-state index contributed by atoms with van der Waals surface area (Å²) in [5, 5.41) is 31.5. The van der Waals surface area contributed by atoms with Crippen LogP contribution in [0, 0.1) is 57.3 Å². The monoisotopic (exact) mass is 1470 g/mol. The molecular formula is C76H87ClF4N12O8S2. The topological polar surface area (TPSA) is 306 Å². The number of nitro benzene ring substituents is 2. The predicted molar refractivity (Wildman–Crippen MR) is 403 cm³/mol. The van der Waals surface area contributed by atoms with E-state index in [4.69, 9.17) is 27.9 Å². The summed E-state index contributed by atoms with van der Waals surface area (Å²) in [5.74, 6) is -0.952. The molecule has 0 amide bonds. The van der Waals surface area contributed by atoms with E-state index in [1.54, 1.807) is 48.3 Å². The molecule has 103 heavy (non-hydrogen) atoms. The Hall–Kier alpha value is -10.3. The molecule has 4 aromatic heterocycles. The molecule has 11 rings (SSSR count). The molecule has 0 fully saturated rings. The molecule has 27 heteroatoms. The van der Waals surface area contributed by atoms with Crippen LogP contribution in [-0.2, 0) is 46.1 Å². The Labute approximate surface area is 603 Å². The Morgan fingerprint density at radius 1 is 0.447 bits per heavy atom. The van der Waals surface area contributed by atoms with E-state index in [2.05, 4.69) is 24.9 Å². The highest BCUT2D eigenvalue weighted by molar-refractivity contribution is 8.13. The molecule has 0 aliphatic rings. The summed E-state index contributed by atoms with van der Waals surface area (Å²) in [6.45, 7) is 32.4. The van der Waals surface area contributed by atoms with Crippen molar-refractivity contribution in [3.63, 3.8) is 0 Å². The molecule has 0 atom stereocenters. The van der Waals surface area contributed by atoms with Crippen LogP contribution in [0.4, 0.5) is 51.9 Å². The first-order valence-corrected chi connectivity index (χ1v) is 36.0. The van der Waals surface area contributed by atoms with Crippen molar-refractivity contribution in [2.75, 3.05) is 21.9 Å². The summed E-state index contributed by atoms with van der Waals surface area (Å²) < 4.78 is 109. The van der Waals surface area contributed by atoms with Crippen molar-refractivity contribution >= 4 is 85.9 Å². The molecule has 20 nitrogen and oxygen atoms in total. The Kier molecular flexibility index (Phi) is 25.6. The number of nitrogens with two attached hydrogens (primary N) is 3. The maximum Gasteiger partial charge on any atom is 0.272 e. The summed E-state index contributed by atoms with van der Waals surface area (Å²) >= 11 is 0. The summed E-state index contributed by atoms with van der Waals surface area (Å²) in [7, 11) is -2.79. The highest BCUT2D eigenvalue weighted by Gasteiger charge is 2.27. The van der Waals surface area contributed by atoms with E-state index in [1.807, 2.05) is 178 Å². The highest BCUT2D eigenvalue weighted by Crippen LogP contribution is 2.34. The average molecular weight is 1470 g/mol. The summed E-state index contributed by atoms with van der Waals surface area (Å²) in [6, 6.07) is 43.5. The Morgan fingerprint density at radius 2 is 0.825 bits per heavy atom. The molecule has 0 spiro atoms. The second kappa shape index (κ2) is 32.3. The van der Waals surface area contributed by atoms with E-state index in [-0.39, 0.29) is 54.5 Å². The zero-order valence-corrected chi connectivity index (χ0v) is 62.9. The van der Waals surface area contributed by atoms with Gasteiger partial charge in [0.15, 0.2) is 0 Å². The Bertz CT molecular complexity index is 5050. The van der Waals surface area contributed by atoms with Gasteiger partial charge in [-0.05, 0) is 166 Å². The number of aryl methyl sites for hydroxylation is 2. The molecule has 7 N–H and O–H groups in total. The smallest absolute Gasteiger partial charge is 0.272 e. The molecule has 0 unspecified atom stereocenters. The van der Waals surface area contributed by atoms with Gasteiger partial charge in [0, 0.05) is 75.6 Å². The molecule has 0 bridgehead atoms. The maximum absolute atomic E-state index is 14.6. The highest BCUT2D eigenvalue weighted by atomic mass is 35.7. The number of nitro groups is 2. The van der Waals surface area contributed by atoms with E-state index < -0.39 is 51.8 Å². The molecule has 7 aromatic carbocycles. The van der Waals surface area contributed by atoms with Crippen LogP contribution in [0.15, 0.2) is 186 Å². The van der Waals surface area contributed by atoms with Crippen molar-refractivity contribution < 1.29 is 44.2 Å². The molecular weight excluding hydrogens is 1380 g/mol. The number of nitrogens with zero attached hydrogens (tertiary/aromatic N) is 8. The van der Waals surface area contributed by atoms with Crippen LogP contribution in [-0.4, -0.2) is 56.2 Å². The first-order chi connectivity index (χ1) is 47.5. The lowest BCUT2D eigenvalue weighted by Crippen LogP contribution is -2.18. The molecule has 0 radical (unpaired) electrons. The van der Waals surface area contributed by atoms with Crippen LogP contribution in [0.2, 0.25) is 0 Å². The van der Waals surface area contributed by atoms with Crippen molar-refractivity contribution in [1.82, 2.24) is 29.5 Å². The largest absolute Gasteiger partial charge is 0.399 e. The van der Waals surface area contributed by atoms with Crippen molar-refractivity contribution in [2.24, 2.45) is 0 Å². The van der Waals surface area contributed by atoms with Crippen LogP contribution < -0.4 is 21.9 Å². The summed E-state index contributed by atoms with van der Waals surface area (Å²) in [4.78, 5) is 28.1. The lowest BCUT2D eigenvalue weighted by Gasteiger charge is -2.20. The fourth-order valence-electron chi connectivity index (χ4n) is 10.4. The Morgan fingerprint density at radius 3 is 1.22 bits per heavy atom. The van der Waals surface area contributed by atoms with Gasteiger partial charge < -0.3 is 17.2 Å². The van der Waals surface area contributed by atoms with Crippen LogP contribution in [0.25, 0.3) is 33.2 Å². The number of pyridine rings is 2. The normalized spacial score (nSPS) is 11.8. The molecule has 11 aromatic rings. The average Bonchev–Trinajstić information content (AvgIpc) is 1.74.